The quantitative estimate of drug-likeness (QED) is 0.379. The Labute approximate surface area is 208 Å². The van der Waals surface area contributed by atoms with Gasteiger partial charge in [0, 0.05) is 48.5 Å². The molecule has 4 aromatic rings. The SMILES string of the molecule is COc1ccc(-c2nc(CN3CCN(c4ncnc5sc6c(c45)CCC(C)C6)CC3)cs2)cc1. The number of hydrogen-bond acceptors (Lipinski definition) is 8. The summed E-state index contributed by atoms with van der Waals surface area (Å²) in [4.78, 5) is 22.0. The molecule has 6 rings (SSSR count). The van der Waals surface area contributed by atoms with Crippen LogP contribution < -0.4 is 9.64 Å². The summed E-state index contributed by atoms with van der Waals surface area (Å²) in [6, 6.07) is 8.13. The van der Waals surface area contributed by atoms with Gasteiger partial charge in [-0.3, -0.25) is 4.90 Å². The molecule has 1 aromatic carbocycles. The third-order valence-corrected chi connectivity index (χ3v) is 9.12. The van der Waals surface area contributed by atoms with Crippen molar-refractivity contribution in [2.75, 3.05) is 38.2 Å². The van der Waals surface area contributed by atoms with Gasteiger partial charge in [0.2, 0.25) is 0 Å². The minimum absolute atomic E-state index is 0.775. The van der Waals surface area contributed by atoms with E-state index < -0.39 is 0 Å². The number of thiazole rings is 1. The number of fused-ring (bicyclic) bond motifs is 3. The summed E-state index contributed by atoms with van der Waals surface area (Å²) in [6.45, 7) is 7.27. The number of aromatic nitrogens is 3. The Morgan fingerprint density at radius 2 is 1.91 bits per heavy atom. The summed E-state index contributed by atoms with van der Waals surface area (Å²) in [7, 11) is 1.69. The lowest BCUT2D eigenvalue weighted by Crippen LogP contribution is -2.46. The van der Waals surface area contributed by atoms with Crippen LogP contribution in [0.3, 0.4) is 0 Å². The van der Waals surface area contributed by atoms with Crippen LogP contribution in [0.1, 0.15) is 29.5 Å². The van der Waals surface area contributed by atoms with Crippen molar-refractivity contribution in [3.05, 3.63) is 52.1 Å². The molecule has 1 saturated heterocycles. The van der Waals surface area contributed by atoms with Gasteiger partial charge in [0.15, 0.2) is 0 Å². The first-order valence-corrected chi connectivity index (χ1v) is 13.7. The molecule has 1 atom stereocenters. The lowest BCUT2D eigenvalue weighted by atomic mass is 9.89. The molecule has 1 fully saturated rings. The highest BCUT2D eigenvalue weighted by Crippen LogP contribution is 2.40. The number of thiophene rings is 1. The number of piperazine rings is 1. The number of hydrogen-bond donors (Lipinski definition) is 0. The Morgan fingerprint density at radius 1 is 1.09 bits per heavy atom. The first kappa shape index (κ1) is 21.9. The molecule has 0 saturated carbocycles. The molecule has 0 amide bonds. The molecular formula is C26H29N5OS2. The molecule has 4 heterocycles. The maximum absolute atomic E-state index is 5.27. The van der Waals surface area contributed by atoms with E-state index in [1.54, 1.807) is 24.8 Å². The average Bonchev–Trinajstić information content (AvgIpc) is 3.48. The van der Waals surface area contributed by atoms with Crippen LogP contribution in [0.15, 0.2) is 36.0 Å². The highest BCUT2D eigenvalue weighted by molar-refractivity contribution is 7.19. The van der Waals surface area contributed by atoms with Gasteiger partial charge in [-0.1, -0.05) is 6.92 Å². The molecule has 6 nitrogen and oxygen atoms in total. The molecule has 2 aliphatic rings. The van der Waals surface area contributed by atoms with Crippen molar-refractivity contribution in [2.45, 2.75) is 32.7 Å². The molecule has 0 bridgehead atoms. The second-order valence-electron chi connectivity index (χ2n) is 9.36. The Morgan fingerprint density at radius 3 is 2.71 bits per heavy atom. The summed E-state index contributed by atoms with van der Waals surface area (Å²) in [5, 5.41) is 4.58. The summed E-state index contributed by atoms with van der Waals surface area (Å²) in [5.41, 5.74) is 3.81. The fourth-order valence-electron chi connectivity index (χ4n) is 5.09. The molecule has 0 spiro atoms. The van der Waals surface area contributed by atoms with E-state index in [0.29, 0.717) is 0 Å². The van der Waals surface area contributed by atoms with E-state index in [1.165, 1.54) is 33.5 Å². The summed E-state index contributed by atoms with van der Waals surface area (Å²) >= 11 is 3.60. The maximum Gasteiger partial charge on any atom is 0.141 e. The molecular weight excluding hydrogens is 462 g/mol. The van der Waals surface area contributed by atoms with Crippen LogP contribution in [0.4, 0.5) is 5.82 Å². The zero-order valence-electron chi connectivity index (χ0n) is 19.7. The van der Waals surface area contributed by atoms with Crippen LogP contribution >= 0.6 is 22.7 Å². The van der Waals surface area contributed by atoms with Crippen molar-refractivity contribution >= 4 is 38.7 Å². The van der Waals surface area contributed by atoms with E-state index in [2.05, 4.69) is 39.2 Å². The van der Waals surface area contributed by atoms with Crippen LogP contribution in [0.25, 0.3) is 20.8 Å². The molecule has 3 aromatic heterocycles. The largest absolute Gasteiger partial charge is 0.497 e. The van der Waals surface area contributed by atoms with Crippen molar-refractivity contribution in [1.82, 2.24) is 19.9 Å². The first-order valence-electron chi connectivity index (χ1n) is 12.0. The van der Waals surface area contributed by atoms with Gasteiger partial charge < -0.3 is 9.64 Å². The summed E-state index contributed by atoms with van der Waals surface area (Å²) < 4.78 is 5.27. The van der Waals surface area contributed by atoms with Crippen LogP contribution in [0, 0.1) is 5.92 Å². The number of anilines is 1. The first-order chi connectivity index (χ1) is 16.7. The number of aryl methyl sites for hydroxylation is 1. The topological polar surface area (TPSA) is 54.4 Å². The molecule has 0 radical (unpaired) electrons. The molecule has 8 heteroatoms. The third kappa shape index (κ3) is 4.19. The van der Waals surface area contributed by atoms with Crippen molar-refractivity contribution < 1.29 is 4.74 Å². The Balaban J connectivity index is 1.13. The lowest BCUT2D eigenvalue weighted by molar-refractivity contribution is 0.247. The molecule has 1 aliphatic heterocycles. The monoisotopic (exact) mass is 491 g/mol. The predicted octanol–water partition coefficient (Wildman–Crippen LogP) is 5.27. The minimum atomic E-state index is 0.775. The average molecular weight is 492 g/mol. The van der Waals surface area contributed by atoms with Crippen LogP contribution in [-0.4, -0.2) is 53.1 Å². The summed E-state index contributed by atoms with van der Waals surface area (Å²) in [5.74, 6) is 2.79. The Hall–Kier alpha value is -2.55. The number of benzene rings is 1. The number of nitrogens with zero attached hydrogens (tertiary/aromatic N) is 5. The van der Waals surface area contributed by atoms with E-state index in [-0.39, 0.29) is 0 Å². The Kier molecular flexibility index (Phi) is 5.97. The highest BCUT2D eigenvalue weighted by atomic mass is 32.1. The van der Waals surface area contributed by atoms with Gasteiger partial charge in [-0.05, 0) is 55.0 Å². The minimum Gasteiger partial charge on any atom is -0.497 e. The van der Waals surface area contributed by atoms with Gasteiger partial charge in [-0.15, -0.1) is 22.7 Å². The third-order valence-electron chi connectivity index (χ3n) is 7.02. The molecule has 0 N–H and O–H groups in total. The van der Waals surface area contributed by atoms with Crippen LogP contribution in [-0.2, 0) is 19.4 Å². The van der Waals surface area contributed by atoms with E-state index in [4.69, 9.17) is 14.7 Å². The second kappa shape index (κ2) is 9.24. The van der Waals surface area contributed by atoms with Crippen LogP contribution in [0.5, 0.6) is 5.75 Å². The molecule has 1 unspecified atom stereocenters. The fraction of sp³-hybridized carbons (Fsp3) is 0.423. The summed E-state index contributed by atoms with van der Waals surface area (Å²) in [6.07, 6.45) is 5.38. The van der Waals surface area contributed by atoms with Gasteiger partial charge in [0.05, 0.1) is 18.2 Å². The predicted molar refractivity (Wildman–Crippen MR) is 140 cm³/mol. The van der Waals surface area contributed by atoms with Crippen molar-refractivity contribution in [2.24, 2.45) is 5.92 Å². The van der Waals surface area contributed by atoms with Crippen molar-refractivity contribution in [3.8, 4) is 16.3 Å². The van der Waals surface area contributed by atoms with Gasteiger partial charge in [0.25, 0.3) is 0 Å². The standard InChI is InChI=1S/C26H29N5OS2/c1-17-3-8-21-22(13-17)34-26-23(21)24(27-16-28-26)31-11-9-30(10-12-31)14-19-15-33-25(29-19)18-4-6-20(32-2)7-5-18/h4-7,15-17H,3,8-14H2,1-2H3. The van der Waals surface area contributed by atoms with E-state index in [9.17, 15) is 0 Å². The number of ether oxygens (including phenoxy) is 1. The second-order valence-corrected chi connectivity index (χ2v) is 11.3. The van der Waals surface area contributed by atoms with Gasteiger partial charge >= 0.3 is 0 Å². The highest BCUT2D eigenvalue weighted by Gasteiger charge is 2.26. The molecule has 34 heavy (non-hydrogen) atoms. The zero-order chi connectivity index (χ0) is 23.1. The number of rotatable bonds is 5. The zero-order valence-corrected chi connectivity index (χ0v) is 21.3. The lowest BCUT2D eigenvalue weighted by Gasteiger charge is -2.35. The number of methoxy groups -OCH3 is 1. The maximum atomic E-state index is 5.27. The van der Waals surface area contributed by atoms with Crippen LogP contribution in [0.2, 0.25) is 0 Å². The normalized spacial score (nSPS) is 18.9. The van der Waals surface area contributed by atoms with E-state index in [1.807, 2.05) is 23.5 Å². The van der Waals surface area contributed by atoms with Gasteiger partial charge in [-0.25, -0.2) is 15.0 Å². The smallest absolute Gasteiger partial charge is 0.141 e. The van der Waals surface area contributed by atoms with Gasteiger partial charge in [0.1, 0.15) is 27.7 Å². The van der Waals surface area contributed by atoms with Gasteiger partial charge in [-0.2, -0.15) is 0 Å². The van der Waals surface area contributed by atoms with Crippen molar-refractivity contribution in [3.63, 3.8) is 0 Å². The van der Waals surface area contributed by atoms with Crippen molar-refractivity contribution in [1.29, 1.82) is 0 Å². The Bertz CT molecular complexity index is 1290. The molecule has 176 valence electrons. The molecule has 1 aliphatic carbocycles. The van der Waals surface area contributed by atoms with E-state index >= 15 is 0 Å². The van der Waals surface area contributed by atoms with E-state index in [0.717, 1.165) is 72.9 Å². The fourth-order valence-corrected chi connectivity index (χ4v) is 7.25.